The quantitative estimate of drug-likeness (QED) is 0.569. The fourth-order valence-electron chi connectivity index (χ4n) is 2.65. The zero-order chi connectivity index (χ0) is 15.1. The van der Waals surface area contributed by atoms with Crippen LogP contribution in [0.15, 0.2) is 59.8 Å². The van der Waals surface area contributed by atoms with Crippen LogP contribution in [0.25, 0.3) is 16.7 Å². The third-order valence-corrected chi connectivity index (χ3v) is 3.74. The number of aryl methyl sites for hydroxylation is 1. The zero-order valence-corrected chi connectivity index (χ0v) is 12.1. The van der Waals surface area contributed by atoms with Gasteiger partial charge in [0.25, 0.3) is 5.56 Å². The summed E-state index contributed by atoms with van der Waals surface area (Å²) in [6.07, 6.45) is 3.54. The SMILES string of the molecule is Cc1ccn2c(=O)cc(Cn3cnc4ccccc43)nc2c1. The van der Waals surface area contributed by atoms with Crippen molar-refractivity contribution in [3.8, 4) is 0 Å². The maximum atomic E-state index is 12.2. The van der Waals surface area contributed by atoms with Gasteiger partial charge in [-0.15, -0.1) is 0 Å². The van der Waals surface area contributed by atoms with E-state index in [1.54, 1.807) is 23.0 Å². The predicted octanol–water partition coefficient (Wildman–Crippen LogP) is 2.40. The van der Waals surface area contributed by atoms with Crippen LogP contribution in [0.5, 0.6) is 0 Å². The van der Waals surface area contributed by atoms with Crippen LogP contribution >= 0.6 is 0 Å². The molecule has 22 heavy (non-hydrogen) atoms. The van der Waals surface area contributed by atoms with Crippen LogP contribution in [0.4, 0.5) is 0 Å². The van der Waals surface area contributed by atoms with Crippen molar-refractivity contribution in [2.45, 2.75) is 13.5 Å². The minimum Gasteiger partial charge on any atom is -0.324 e. The lowest BCUT2D eigenvalue weighted by atomic mass is 10.3. The van der Waals surface area contributed by atoms with Crippen molar-refractivity contribution in [1.82, 2.24) is 18.9 Å². The summed E-state index contributed by atoms with van der Waals surface area (Å²) >= 11 is 0. The highest BCUT2D eigenvalue weighted by atomic mass is 16.1. The van der Waals surface area contributed by atoms with Crippen molar-refractivity contribution in [2.24, 2.45) is 0 Å². The number of hydrogen-bond donors (Lipinski definition) is 0. The number of benzene rings is 1. The fraction of sp³-hybridized carbons (Fsp3) is 0.118. The molecule has 5 heteroatoms. The molecule has 4 rings (SSSR count). The van der Waals surface area contributed by atoms with Gasteiger partial charge in [-0.3, -0.25) is 9.20 Å². The minimum atomic E-state index is -0.0654. The van der Waals surface area contributed by atoms with E-state index in [-0.39, 0.29) is 5.56 Å². The second-order valence-corrected chi connectivity index (χ2v) is 5.38. The molecule has 1 aromatic carbocycles. The summed E-state index contributed by atoms with van der Waals surface area (Å²) in [5, 5.41) is 0. The number of aromatic nitrogens is 4. The maximum absolute atomic E-state index is 12.2. The zero-order valence-electron chi connectivity index (χ0n) is 12.1. The van der Waals surface area contributed by atoms with E-state index >= 15 is 0 Å². The highest BCUT2D eigenvalue weighted by Crippen LogP contribution is 2.13. The largest absolute Gasteiger partial charge is 0.324 e. The standard InChI is InChI=1S/C17H14N4O/c1-12-6-7-21-16(8-12)19-13(9-17(21)22)10-20-11-18-14-4-2-3-5-15(14)20/h2-9,11H,10H2,1H3. The Morgan fingerprint density at radius 2 is 2.00 bits per heavy atom. The second-order valence-electron chi connectivity index (χ2n) is 5.38. The first-order chi connectivity index (χ1) is 10.7. The van der Waals surface area contributed by atoms with Gasteiger partial charge in [-0.25, -0.2) is 9.97 Å². The Hall–Kier alpha value is -2.95. The van der Waals surface area contributed by atoms with Gasteiger partial charge in [-0.2, -0.15) is 0 Å². The van der Waals surface area contributed by atoms with Gasteiger partial charge in [0.05, 0.1) is 29.6 Å². The summed E-state index contributed by atoms with van der Waals surface area (Å²) in [4.78, 5) is 21.2. The van der Waals surface area contributed by atoms with E-state index in [1.807, 2.05) is 47.9 Å². The average Bonchev–Trinajstić information content (AvgIpc) is 2.90. The van der Waals surface area contributed by atoms with Crippen LogP contribution < -0.4 is 5.56 Å². The van der Waals surface area contributed by atoms with E-state index in [2.05, 4.69) is 9.97 Å². The minimum absolute atomic E-state index is 0.0654. The van der Waals surface area contributed by atoms with Gasteiger partial charge in [0.1, 0.15) is 5.65 Å². The molecule has 0 saturated carbocycles. The van der Waals surface area contributed by atoms with E-state index in [1.165, 1.54) is 0 Å². The molecule has 0 saturated heterocycles. The normalized spacial score (nSPS) is 11.3. The highest BCUT2D eigenvalue weighted by Gasteiger charge is 2.06. The first-order valence-corrected chi connectivity index (χ1v) is 7.09. The van der Waals surface area contributed by atoms with Gasteiger partial charge in [0, 0.05) is 12.3 Å². The van der Waals surface area contributed by atoms with Crippen LogP contribution in [0.2, 0.25) is 0 Å². The van der Waals surface area contributed by atoms with Crippen LogP contribution in [-0.2, 0) is 6.54 Å². The first kappa shape index (κ1) is 12.8. The van der Waals surface area contributed by atoms with Gasteiger partial charge in [-0.05, 0) is 36.8 Å². The van der Waals surface area contributed by atoms with Gasteiger partial charge in [0.15, 0.2) is 0 Å². The summed E-state index contributed by atoms with van der Waals surface area (Å²) in [7, 11) is 0. The van der Waals surface area contributed by atoms with Crippen molar-refractivity contribution < 1.29 is 0 Å². The number of para-hydroxylation sites is 2. The van der Waals surface area contributed by atoms with E-state index in [0.29, 0.717) is 12.2 Å². The van der Waals surface area contributed by atoms with Crippen LogP contribution in [-0.4, -0.2) is 18.9 Å². The Morgan fingerprint density at radius 1 is 1.14 bits per heavy atom. The number of pyridine rings is 1. The van der Waals surface area contributed by atoms with Gasteiger partial charge in [0.2, 0.25) is 0 Å². The van der Waals surface area contributed by atoms with Crippen molar-refractivity contribution in [1.29, 1.82) is 0 Å². The van der Waals surface area contributed by atoms with Crippen LogP contribution in [0.3, 0.4) is 0 Å². The van der Waals surface area contributed by atoms with Gasteiger partial charge < -0.3 is 4.57 Å². The molecular weight excluding hydrogens is 276 g/mol. The molecule has 3 aromatic heterocycles. The predicted molar refractivity (Wildman–Crippen MR) is 85.0 cm³/mol. The highest BCUT2D eigenvalue weighted by molar-refractivity contribution is 5.75. The molecule has 0 atom stereocenters. The first-order valence-electron chi connectivity index (χ1n) is 7.09. The van der Waals surface area contributed by atoms with E-state index in [4.69, 9.17) is 0 Å². The monoisotopic (exact) mass is 290 g/mol. The summed E-state index contributed by atoms with van der Waals surface area (Å²) in [6, 6.07) is 13.3. The van der Waals surface area contributed by atoms with Crippen LogP contribution in [0, 0.1) is 6.92 Å². The van der Waals surface area contributed by atoms with Crippen molar-refractivity contribution in [3.05, 3.63) is 76.6 Å². The third kappa shape index (κ3) is 2.07. The number of rotatable bonds is 2. The topological polar surface area (TPSA) is 52.2 Å². The maximum Gasteiger partial charge on any atom is 0.258 e. The van der Waals surface area contributed by atoms with E-state index in [0.717, 1.165) is 22.3 Å². The Kier molecular flexibility index (Phi) is 2.79. The molecule has 3 heterocycles. The average molecular weight is 290 g/mol. The molecule has 0 amide bonds. The lowest BCUT2D eigenvalue weighted by molar-refractivity contribution is 0.791. The number of nitrogens with zero attached hydrogens (tertiary/aromatic N) is 4. The fourth-order valence-corrected chi connectivity index (χ4v) is 2.65. The second kappa shape index (κ2) is 4.80. The molecule has 0 bridgehead atoms. The number of imidazole rings is 1. The van der Waals surface area contributed by atoms with Crippen molar-refractivity contribution in [2.75, 3.05) is 0 Å². The van der Waals surface area contributed by atoms with Crippen LogP contribution in [0.1, 0.15) is 11.3 Å². The molecule has 0 aliphatic rings. The Balaban J connectivity index is 1.83. The molecule has 0 spiro atoms. The molecule has 0 fully saturated rings. The Bertz CT molecular complexity index is 1050. The van der Waals surface area contributed by atoms with Crippen molar-refractivity contribution >= 4 is 16.7 Å². The smallest absolute Gasteiger partial charge is 0.258 e. The number of hydrogen-bond acceptors (Lipinski definition) is 3. The summed E-state index contributed by atoms with van der Waals surface area (Å²) < 4.78 is 3.56. The molecule has 5 nitrogen and oxygen atoms in total. The molecule has 0 N–H and O–H groups in total. The summed E-state index contributed by atoms with van der Waals surface area (Å²) in [5.41, 5.74) is 4.40. The molecule has 0 aliphatic carbocycles. The third-order valence-electron chi connectivity index (χ3n) is 3.74. The Morgan fingerprint density at radius 3 is 2.91 bits per heavy atom. The molecule has 0 aliphatic heterocycles. The molecule has 108 valence electrons. The van der Waals surface area contributed by atoms with Gasteiger partial charge >= 0.3 is 0 Å². The van der Waals surface area contributed by atoms with Gasteiger partial charge in [-0.1, -0.05) is 12.1 Å². The molecule has 4 aromatic rings. The van der Waals surface area contributed by atoms with E-state index < -0.39 is 0 Å². The van der Waals surface area contributed by atoms with Crippen molar-refractivity contribution in [3.63, 3.8) is 0 Å². The Labute approximate surface area is 126 Å². The summed E-state index contributed by atoms with van der Waals surface area (Å²) in [5.74, 6) is 0. The van der Waals surface area contributed by atoms with E-state index in [9.17, 15) is 4.79 Å². The molecular formula is C17H14N4O. The molecule has 0 unspecified atom stereocenters. The number of fused-ring (bicyclic) bond motifs is 2. The lowest BCUT2D eigenvalue weighted by Gasteiger charge is -2.06. The lowest BCUT2D eigenvalue weighted by Crippen LogP contribution is -2.16. The molecule has 0 radical (unpaired) electrons. The summed E-state index contributed by atoms with van der Waals surface area (Å²) in [6.45, 7) is 2.52.